The fraction of sp³-hybridized carbons (Fsp3) is 0.429. The molecule has 4 atom stereocenters. The number of allylic oxidation sites excluding steroid dienone is 5. The summed E-state index contributed by atoms with van der Waals surface area (Å²) in [6.07, 6.45) is 10.6. The van der Waals surface area contributed by atoms with Crippen molar-refractivity contribution in [2.45, 2.75) is 71.6 Å². The van der Waals surface area contributed by atoms with Crippen LogP contribution in [0.5, 0.6) is 0 Å². The van der Waals surface area contributed by atoms with Crippen molar-refractivity contribution in [3.63, 3.8) is 0 Å². The molecule has 4 aliphatic carbocycles. The largest absolute Gasteiger partial charge is 0.294 e. The summed E-state index contributed by atoms with van der Waals surface area (Å²) in [5.74, 6) is 1.35. The van der Waals surface area contributed by atoms with E-state index in [9.17, 15) is 9.59 Å². The third-order valence-electron chi connectivity index (χ3n) is 9.23. The summed E-state index contributed by atoms with van der Waals surface area (Å²) in [6, 6.07) is 19.1. The first-order chi connectivity index (χ1) is 18.0. The number of benzene rings is 2. The second-order valence-corrected chi connectivity index (χ2v) is 12.0. The summed E-state index contributed by atoms with van der Waals surface area (Å²) in [4.78, 5) is 28.7. The molecule has 190 valence electrons. The first kappa shape index (κ1) is 24.3. The monoisotopic (exact) mass is 490 g/mol. The molecule has 37 heavy (non-hydrogen) atoms. The fourth-order valence-corrected chi connectivity index (χ4v) is 7.48. The molecule has 0 aromatic heterocycles. The van der Waals surface area contributed by atoms with Crippen LogP contribution < -0.4 is 0 Å². The van der Waals surface area contributed by atoms with Gasteiger partial charge >= 0.3 is 0 Å². The quantitative estimate of drug-likeness (QED) is 0.409. The first-order valence-corrected chi connectivity index (χ1v) is 14.4. The first-order valence-electron chi connectivity index (χ1n) is 14.4. The fourth-order valence-electron chi connectivity index (χ4n) is 7.48. The van der Waals surface area contributed by atoms with Crippen LogP contribution in [0.15, 0.2) is 76.9 Å². The van der Waals surface area contributed by atoms with E-state index in [0.29, 0.717) is 12.3 Å². The molecule has 0 aliphatic heterocycles. The lowest BCUT2D eigenvalue weighted by atomic mass is 9.68. The maximum atomic E-state index is 14.4. The molecule has 2 aromatic carbocycles. The topological polar surface area (TPSA) is 34.1 Å². The number of carbonyl (C=O) groups excluding carboxylic acids is 2. The van der Waals surface area contributed by atoms with E-state index in [1.54, 1.807) is 0 Å². The van der Waals surface area contributed by atoms with Crippen molar-refractivity contribution in [3.8, 4) is 0 Å². The highest BCUT2D eigenvalue weighted by molar-refractivity contribution is 6.19. The van der Waals surface area contributed by atoms with Crippen LogP contribution in [-0.2, 0) is 16.0 Å². The molecule has 2 unspecified atom stereocenters. The molecule has 2 bridgehead atoms. The molecule has 0 heterocycles. The molecule has 2 nitrogen and oxygen atoms in total. The van der Waals surface area contributed by atoms with Gasteiger partial charge < -0.3 is 0 Å². The van der Waals surface area contributed by atoms with Gasteiger partial charge in [-0.25, -0.2) is 0 Å². The summed E-state index contributed by atoms with van der Waals surface area (Å²) in [5, 5.41) is 0. The van der Waals surface area contributed by atoms with Crippen molar-refractivity contribution in [2.24, 2.45) is 23.7 Å². The second-order valence-electron chi connectivity index (χ2n) is 12.0. The van der Waals surface area contributed by atoms with Crippen LogP contribution in [0.2, 0.25) is 0 Å². The molecule has 0 radical (unpaired) electrons. The maximum Gasteiger partial charge on any atom is 0.164 e. The van der Waals surface area contributed by atoms with Crippen molar-refractivity contribution in [1.82, 2.24) is 0 Å². The Morgan fingerprint density at radius 1 is 0.892 bits per heavy atom. The molecule has 0 N–H and O–H groups in total. The second kappa shape index (κ2) is 10.0. The zero-order valence-electron chi connectivity index (χ0n) is 22.3. The van der Waals surface area contributed by atoms with Crippen LogP contribution in [0.3, 0.4) is 0 Å². The summed E-state index contributed by atoms with van der Waals surface area (Å²) >= 11 is 0. The Labute approximate surface area is 221 Å². The van der Waals surface area contributed by atoms with Gasteiger partial charge in [-0.3, -0.25) is 9.59 Å². The van der Waals surface area contributed by atoms with Gasteiger partial charge in [0, 0.05) is 23.5 Å². The third-order valence-corrected chi connectivity index (χ3v) is 9.23. The minimum Gasteiger partial charge on any atom is -0.294 e. The van der Waals surface area contributed by atoms with E-state index in [1.165, 1.54) is 22.3 Å². The summed E-state index contributed by atoms with van der Waals surface area (Å²) in [6.45, 7) is 4.53. The van der Waals surface area contributed by atoms with Gasteiger partial charge in [0.15, 0.2) is 11.6 Å². The van der Waals surface area contributed by atoms with E-state index < -0.39 is 0 Å². The zero-order chi connectivity index (χ0) is 25.5. The normalized spacial score (nSPS) is 26.0. The Hall–Kier alpha value is -3.00. The molecule has 0 amide bonds. The average Bonchev–Trinajstić information content (AvgIpc) is 3.01. The van der Waals surface area contributed by atoms with Crippen LogP contribution >= 0.6 is 0 Å². The molecule has 2 heteroatoms. The van der Waals surface area contributed by atoms with Gasteiger partial charge in [0.1, 0.15) is 0 Å². The van der Waals surface area contributed by atoms with Crippen LogP contribution in [0.1, 0.15) is 81.9 Å². The van der Waals surface area contributed by atoms with Gasteiger partial charge in [0.2, 0.25) is 0 Å². The highest BCUT2D eigenvalue weighted by atomic mass is 16.1. The third kappa shape index (κ3) is 4.49. The maximum absolute atomic E-state index is 14.4. The molecule has 0 saturated heterocycles. The Bertz CT molecular complexity index is 1320. The summed E-state index contributed by atoms with van der Waals surface area (Å²) in [5.41, 5.74) is 9.19. The predicted octanol–water partition coefficient (Wildman–Crippen LogP) is 8.18. The van der Waals surface area contributed by atoms with Crippen LogP contribution in [0, 0.1) is 23.7 Å². The van der Waals surface area contributed by atoms with E-state index in [2.05, 4.69) is 68.5 Å². The Morgan fingerprint density at radius 2 is 1.68 bits per heavy atom. The Kier molecular flexibility index (Phi) is 6.61. The minimum absolute atomic E-state index is 0.0252. The number of hydrogen-bond donors (Lipinski definition) is 0. The smallest absolute Gasteiger partial charge is 0.164 e. The van der Waals surface area contributed by atoms with E-state index in [0.717, 1.165) is 73.6 Å². The average molecular weight is 491 g/mol. The molecular weight excluding hydrogens is 452 g/mol. The van der Waals surface area contributed by atoms with E-state index in [-0.39, 0.29) is 29.3 Å². The Morgan fingerprint density at radius 3 is 2.43 bits per heavy atom. The number of Topliss-reactive ketones (excluding diaryl/α,β-unsaturated/α-hetero) is 2. The van der Waals surface area contributed by atoms with Crippen LogP contribution in [0.4, 0.5) is 0 Å². The zero-order valence-corrected chi connectivity index (χ0v) is 22.3. The minimum atomic E-state index is 0.0252. The van der Waals surface area contributed by atoms with Gasteiger partial charge in [0.25, 0.3) is 0 Å². The van der Waals surface area contributed by atoms with E-state index >= 15 is 0 Å². The van der Waals surface area contributed by atoms with Crippen molar-refractivity contribution in [3.05, 3.63) is 93.6 Å². The SMILES string of the molecule is CCCC(Cc1ccccc1)C1=C(C2=C3CC(=Cc4ccccc42)C[C@@H](C)C3)C(=O)C[C@H]2CCC2C1=O. The van der Waals surface area contributed by atoms with Gasteiger partial charge in [-0.05, 0) is 85.0 Å². The number of ketones is 2. The number of rotatable bonds is 6. The Balaban J connectivity index is 1.60. The van der Waals surface area contributed by atoms with Gasteiger partial charge in [-0.2, -0.15) is 0 Å². The predicted molar refractivity (Wildman–Crippen MR) is 151 cm³/mol. The summed E-state index contributed by atoms with van der Waals surface area (Å²) < 4.78 is 0. The lowest BCUT2D eigenvalue weighted by molar-refractivity contribution is -0.125. The van der Waals surface area contributed by atoms with E-state index in [4.69, 9.17) is 0 Å². The molecule has 4 aliphatic rings. The molecule has 0 spiro atoms. The van der Waals surface area contributed by atoms with Crippen LogP contribution in [-0.4, -0.2) is 11.6 Å². The molecule has 2 fully saturated rings. The van der Waals surface area contributed by atoms with Gasteiger partial charge in [-0.15, -0.1) is 0 Å². The molecular formula is C35H38O2. The van der Waals surface area contributed by atoms with Gasteiger partial charge in [0.05, 0.1) is 0 Å². The highest BCUT2D eigenvalue weighted by Gasteiger charge is 2.46. The number of hydrogen-bond acceptors (Lipinski definition) is 2. The van der Waals surface area contributed by atoms with Gasteiger partial charge in [-0.1, -0.05) is 92.1 Å². The number of fused-ring (bicyclic) bond motifs is 4. The van der Waals surface area contributed by atoms with Crippen LogP contribution in [0.25, 0.3) is 11.6 Å². The standard InChI is InChI=1S/C35H38O2/c1-3-9-27(18-23-10-5-4-6-11-23)33-34(31(36)21-26-14-15-30(26)35(33)37)32-28-17-22(2)16-24(20-28)19-25-12-7-8-13-29(25)32/h4-8,10-13,19,22,26-27,30H,3,9,14-18,20-21H2,1-2H3/t22-,26-,27?,30?/m1/s1. The molecule has 2 aromatic rings. The van der Waals surface area contributed by atoms with Crippen molar-refractivity contribution < 1.29 is 9.59 Å². The highest BCUT2D eigenvalue weighted by Crippen LogP contribution is 2.50. The molecule has 6 rings (SSSR count). The number of carbonyl (C=O) groups is 2. The van der Waals surface area contributed by atoms with E-state index in [1.807, 2.05) is 6.07 Å². The van der Waals surface area contributed by atoms with Crippen molar-refractivity contribution in [2.75, 3.05) is 0 Å². The lowest BCUT2D eigenvalue weighted by Gasteiger charge is -2.34. The summed E-state index contributed by atoms with van der Waals surface area (Å²) in [7, 11) is 0. The van der Waals surface area contributed by atoms with Crippen molar-refractivity contribution in [1.29, 1.82) is 0 Å². The lowest BCUT2D eigenvalue weighted by Crippen LogP contribution is -2.34. The molecule has 2 saturated carbocycles. The van der Waals surface area contributed by atoms with Crippen molar-refractivity contribution >= 4 is 23.2 Å².